The Hall–Kier alpha value is -1.37. The van der Waals surface area contributed by atoms with Gasteiger partial charge in [-0.05, 0) is 19.9 Å². The van der Waals surface area contributed by atoms with E-state index in [0.717, 1.165) is 5.69 Å². The van der Waals surface area contributed by atoms with Crippen LogP contribution in [0.15, 0.2) is 34.8 Å². The third-order valence-corrected chi connectivity index (χ3v) is 2.07. The van der Waals surface area contributed by atoms with Gasteiger partial charge in [0.25, 0.3) is 0 Å². The Balaban J connectivity index is 2.64. The van der Waals surface area contributed by atoms with Crippen LogP contribution in [0.25, 0.3) is 5.57 Å². The average molecular weight is 157 g/mol. The van der Waals surface area contributed by atoms with Crippen molar-refractivity contribution in [1.29, 1.82) is 0 Å². The zero-order valence-electron chi connectivity index (χ0n) is 7.33. The topological polar surface area (TPSA) is 12.4 Å². The van der Waals surface area contributed by atoms with E-state index in [1.807, 2.05) is 18.3 Å². The maximum Gasteiger partial charge on any atom is 0.0708 e. The molecule has 0 N–H and O–H groups in total. The Morgan fingerprint density at radius 1 is 1.17 bits per heavy atom. The summed E-state index contributed by atoms with van der Waals surface area (Å²) in [5.41, 5.74) is 4.94. The van der Waals surface area contributed by atoms with Crippen molar-refractivity contribution in [3.8, 4) is 0 Å². The Morgan fingerprint density at radius 2 is 1.92 bits per heavy atom. The SMILES string of the molecule is CC(C)=C1C=Nc2ccccc21. The van der Waals surface area contributed by atoms with Gasteiger partial charge in [0, 0.05) is 17.4 Å². The van der Waals surface area contributed by atoms with Crippen molar-refractivity contribution in [2.75, 3.05) is 0 Å². The summed E-state index contributed by atoms with van der Waals surface area (Å²) in [6, 6.07) is 8.23. The van der Waals surface area contributed by atoms with Crippen LogP contribution >= 0.6 is 0 Å². The predicted octanol–water partition coefficient (Wildman–Crippen LogP) is 3.20. The van der Waals surface area contributed by atoms with Gasteiger partial charge in [-0.2, -0.15) is 0 Å². The number of para-hydroxylation sites is 1. The second-order valence-electron chi connectivity index (χ2n) is 3.19. The van der Waals surface area contributed by atoms with Crippen LogP contribution in [0.1, 0.15) is 19.4 Å². The van der Waals surface area contributed by atoms with Gasteiger partial charge in [-0.3, -0.25) is 4.99 Å². The van der Waals surface area contributed by atoms with Gasteiger partial charge in [0.2, 0.25) is 0 Å². The first-order valence-electron chi connectivity index (χ1n) is 4.10. The van der Waals surface area contributed by atoms with Crippen LogP contribution in [0.4, 0.5) is 5.69 Å². The molecule has 0 atom stereocenters. The normalized spacial score (nSPS) is 13.3. The monoisotopic (exact) mass is 157 g/mol. The molecule has 0 unspecified atom stereocenters. The van der Waals surface area contributed by atoms with Crippen LogP contribution in [-0.4, -0.2) is 6.21 Å². The number of allylic oxidation sites excluding steroid dienone is 2. The number of aliphatic imine (C=N–C) groups is 1. The number of rotatable bonds is 0. The van der Waals surface area contributed by atoms with Gasteiger partial charge in [0.05, 0.1) is 5.69 Å². The minimum absolute atomic E-state index is 1.09. The zero-order chi connectivity index (χ0) is 8.55. The first-order chi connectivity index (χ1) is 5.79. The lowest BCUT2D eigenvalue weighted by atomic mass is 10.0. The van der Waals surface area contributed by atoms with Gasteiger partial charge in [0.15, 0.2) is 0 Å². The third kappa shape index (κ3) is 0.981. The van der Waals surface area contributed by atoms with Crippen molar-refractivity contribution in [3.63, 3.8) is 0 Å². The minimum Gasteiger partial charge on any atom is -0.256 e. The molecule has 0 fully saturated rings. The number of hydrogen-bond acceptors (Lipinski definition) is 1. The Labute approximate surface area is 72.5 Å². The molecule has 12 heavy (non-hydrogen) atoms. The Kier molecular flexibility index (Phi) is 1.58. The summed E-state index contributed by atoms with van der Waals surface area (Å²) in [6.45, 7) is 4.23. The molecule has 0 amide bonds. The molecule has 1 aromatic rings. The summed E-state index contributed by atoms with van der Waals surface area (Å²) in [5, 5.41) is 0. The fraction of sp³-hybridized carbons (Fsp3) is 0.182. The first kappa shape index (κ1) is 7.29. The summed E-state index contributed by atoms with van der Waals surface area (Å²) in [5.74, 6) is 0. The van der Waals surface area contributed by atoms with Gasteiger partial charge in [-0.15, -0.1) is 0 Å². The molecule has 2 rings (SSSR count). The van der Waals surface area contributed by atoms with E-state index in [1.165, 1.54) is 16.7 Å². The summed E-state index contributed by atoms with van der Waals surface area (Å²) >= 11 is 0. The van der Waals surface area contributed by atoms with Crippen molar-refractivity contribution >= 4 is 17.5 Å². The van der Waals surface area contributed by atoms with Gasteiger partial charge >= 0.3 is 0 Å². The van der Waals surface area contributed by atoms with E-state index in [0.29, 0.717) is 0 Å². The van der Waals surface area contributed by atoms with Crippen molar-refractivity contribution < 1.29 is 0 Å². The van der Waals surface area contributed by atoms with E-state index < -0.39 is 0 Å². The maximum atomic E-state index is 4.32. The van der Waals surface area contributed by atoms with Gasteiger partial charge in [-0.1, -0.05) is 23.8 Å². The van der Waals surface area contributed by atoms with E-state index in [9.17, 15) is 0 Å². The molecule has 0 aromatic heterocycles. The fourth-order valence-corrected chi connectivity index (χ4v) is 1.42. The van der Waals surface area contributed by atoms with Crippen LogP contribution in [0, 0.1) is 0 Å². The van der Waals surface area contributed by atoms with E-state index >= 15 is 0 Å². The number of nitrogens with zero attached hydrogens (tertiary/aromatic N) is 1. The summed E-state index contributed by atoms with van der Waals surface area (Å²) in [4.78, 5) is 4.32. The van der Waals surface area contributed by atoms with E-state index in [1.54, 1.807) is 0 Å². The summed E-state index contributed by atoms with van der Waals surface area (Å²) < 4.78 is 0. The largest absolute Gasteiger partial charge is 0.256 e. The second-order valence-corrected chi connectivity index (χ2v) is 3.19. The molecule has 1 aliphatic rings. The van der Waals surface area contributed by atoms with Crippen LogP contribution in [0.3, 0.4) is 0 Å². The fourth-order valence-electron chi connectivity index (χ4n) is 1.42. The summed E-state index contributed by atoms with van der Waals surface area (Å²) in [7, 11) is 0. The van der Waals surface area contributed by atoms with Crippen molar-refractivity contribution in [1.82, 2.24) is 0 Å². The molecule has 0 bridgehead atoms. The smallest absolute Gasteiger partial charge is 0.0708 e. The molecule has 0 spiro atoms. The predicted molar refractivity (Wildman–Crippen MR) is 52.9 cm³/mol. The number of benzene rings is 1. The van der Waals surface area contributed by atoms with Crippen LogP contribution < -0.4 is 0 Å². The molecule has 60 valence electrons. The average Bonchev–Trinajstić information content (AvgIpc) is 2.47. The standard InChI is InChI=1S/C11H11N/c1-8(2)10-7-12-11-6-4-3-5-9(10)11/h3-7H,1-2H3. The maximum absolute atomic E-state index is 4.32. The minimum atomic E-state index is 1.09. The molecule has 0 saturated heterocycles. The highest BCUT2D eigenvalue weighted by Crippen LogP contribution is 2.32. The van der Waals surface area contributed by atoms with E-state index in [2.05, 4.69) is 31.0 Å². The van der Waals surface area contributed by atoms with Gasteiger partial charge < -0.3 is 0 Å². The molecule has 1 nitrogen and oxygen atoms in total. The molecule has 1 aromatic carbocycles. The highest BCUT2D eigenvalue weighted by Gasteiger charge is 2.10. The molecule has 1 heterocycles. The second kappa shape index (κ2) is 2.59. The molecule has 1 heteroatoms. The van der Waals surface area contributed by atoms with Crippen molar-refractivity contribution in [2.45, 2.75) is 13.8 Å². The Bertz CT molecular complexity index is 368. The molecule has 0 radical (unpaired) electrons. The highest BCUT2D eigenvalue weighted by atomic mass is 14.8. The number of fused-ring (bicyclic) bond motifs is 1. The lowest BCUT2D eigenvalue weighted by Gasteiger charge is -1.99. The first-order valence-corrected chi connectivity index (χ1v) is 4.10. The molecular formula is C11H11N. The van der Waals surface area contributed by atoms with Crippen molar-refractivity contribution in [2.24, 2.45) is 4.99 Å². The summed E-state index contributed by atoms with van der Waals surface area (Å²) in [6.07, 6.45) is 1.94. The molecule has 0 aliphatic carbocycles. The van der Waals surface area contributed by atoms with Crippen LogP contribution in [0.2, 0.25) is 0 Å². The van der Waals surface area contributed by atoms with Gasteiger partial charge in [0.1, 0.15) is 0 Å². The van der Waals surface area contributed by atoms with Crippen LogP contribution in [0.5, 0.6) is 0 Å². The van der Waals surface area contributed by atoms with Gasteiger partial charge in [-0.25, -0.2) is 0 Å². The molecule has 1 aliphatic heterocycles. The van der Waals surface area contributed by atoms with E-state index in [4.69, 9.17) is 0 Å². The zero-order valence-corrected chi connectivity index (χ0v) is 7.33. The number of hydrogen-bond donors (Lipinski definition) is 0. The van der Waals surface area contributed by atoms with E-state index in [-0.39, 0.29) is 0 Å². The molecular weight excluding hydrogens is 146 g/mol. The van der Waals surface area contributed by atoms with Crippen LogP contribution in [-0.2, 0) is 0 Å². The Morgan fingerprint density at radius 3 is 2.67 bits per heavy atom. The lowest BCUT2D eigenvalue weighted by Crippen LogP contribution is -1.81. The van der Waals surface area contributed by atoms with Crippen molar-refractivity contribution in [3.05, 3.63) is 35.4 Å². The highest BCUT2D eigenvalue weighted by molar-refractivity contribution is 6.17. The molecule has 0 saturated carbocycles. The third-order valence-electron chi connectivity index (χ3n) is 2.07. The quantitative estimate of drug-likeness (QED) is 0.548. The lowest BCUT2D eigenvalue weighted by molar-refractivity contribution is 1.41.